The summed E-state index contributed by atoms with van der Waals surface area (Å²) in [4.78, 5) is 0. The fraction of sp³-hybridized carbons (Fsp3) is 0.455. The van der Waals surface area contributed by atoms with Crippen molar-refractivity contribution in [2.45, 2.75) is 25.9 Å². The molecular weight excluding hydrogens is 162 g/mol. The third kappa shape index (κ3) is 2.74. The highest BCUT2D eigenvalue weighted by atomic mass is 16.5. The zero-order valence-electron chi connectivity index (χ0n) is 8.50. The number of hydrogen-bond donors (Lipinski definition) is 1. The fourth-order valence-corrected chi connectivity index (χ4v) is 1.23. The van der Waals surface area contributed by atoms with Crippen molar-refractivity contribution in [1.29, 1.82) is 0 Å². The second-order valence-electron chi connectivity index (χ2n) is 3.84. The summed E-state index contributed by atoms with van der Waals surface area (Å²) >= 11 is 0. The van der Waals surface area contributed by atoms with Gasteiger partial charge in [0.05, 0.1) is 5.60 Å². The first-order valence-corrected chi connectivity index (χ1v) is 4.44. The zero-order chi connectivity index (χ0) is 9.90. The van der Waals surface area contributed by atoms with E-state index in [9.17, 15) is 0 Å². The van der Waals surface area contributed by atoms with E-state index in [4.69, 9.17) is 10.5 Å². The third-order valence-corrected chi connectivity index (χ3v) is 2.22. The van der Waals surface area contributed by atoms with Crippen LogP contribution in [0.3, 0.4) is 0 Å². The Labute approximate surface area is 79.7 Å². The van der Waals surface area contributed by atoms with Crippen LogP contribution in [0.5, 0.6) is 0 Å². The molecule has 2 heteroatoms. The van der Waals surface area contributed by atoms with Gasteiger partial charge in [-0.2, -0.15) is 0 Å². The smallest absolute Gasteiger partial charge is 0.0663 e. The quantitative estimate of drug-likeness (QED) is 0.722. The summed E-state index contributed by atoms with van der Waals surface area (Å²) in [6.45, 7) is 4.11. The maximum Gasteiger partial charge on any atom is 0.0663 e. The highest BCUT2D eigenvalue weighted by Gasteiger charge is 2.17. The molecule has 1 aromatic rings. The Morgan fingerprint density at radius 2 is 1.92 bits per heavy atom. The molecule has 0 fully saturated rings. The molecule has 72 valence electrons. The van der Waals surface area contributed by atoms with Gasteiger partial charge in [0.2, 0.25) is 0 Å². The van der Waals surface area contributed by atoms with Crippen molar-refractivity contribution in [3.8, 4) is 0 Å². The van der Waals surface area contributed by atoms with E-state index in [-0.39, 0.29) is 5.60 Å². The summed E-state index contributed by atoms with van der Waals surface area (Å²) in [6, 6.07) is 7.90. The van der Waals surface area contributed by atoms with E-state index in [1.165, 1.54) is 0 Å². The lowest BCUT2D eigenvalue weighted by atomic mass is 9.97. The first kappa shape index (κ1) is 10.1. The molecule has 0 aliphatic heterocycles. The molecule has 0 atom stereocenters. The largest absolute Gasteiger partial charge is 0.399 e. The molecule has 0 aromatic heterocycles. The van der Waals surface area contributed by atoms with Crippen molar-refractivity contribution < 1.29 is 4.74 Å². The minimum Gasteiger partial charge on any atom is -0.399 e. The molecule has 2 N–H and O–H groups in total. The average Bonchev–Trinajstić information content (AvgIpc) is 2.09. The van der Waals surface area contributed by atoms with Crippen LogP contribution in [-0.2, 0) is 11.2 Å². The van der Waals surface area contributed by atoms with Gasteiger partial charge in [-0.15, -0.1) is 0 Å². The van der Waals surface area contributed by atoms with Gasteiger partial charge < -0.3 is 10.5 Å². The summed E-state index contributed by atoms with van der Waals surface area (Å²) < 4.78 is 5.34. The van der Waals surface area contributed by atoms with Crippen molar-refractivity contribution in [1.82, 2.24) is 0 Å². The Kier molecular flexibility index (Phi) is 2.94. The van der Waals surface area contributed by atoms with Crippen molar-refractivity contribution >= 4 is 5.69 Å². The minimum atomic E-state index is -0.143. The van der Waals surface area contributed by atoms with Gasteiger partial charge in [0.25, 0.3) is 0 Å². The predicted octanol–water partition coefficient (Wildman–Crippen LogP) is 2.24. The van der Waals surface area contributed by atoms with Gasteiger partial charge in [-0.3, -0.25) is 0 Å². The highest BCUT2D eigenvalue weighted by molar-refractivity contribution is 5.46. The third-order valence-electron chi connectivity index (χ3n) is 2.22. The summed E-state index contributed by atoms with van der Waals surface area (Å²) in [6.07, 6.45) is 0.843. The molecule has 0 aliphatic carbocycles. The maximum absolute atomic E-state index is 5.83. The van der Waals surface area contributed by atoms with Crippen LogP contribution in [0.4, 0.5) is 5.69 Å². The Hall–Kier alpha value is -1.02. The van der Waals surface area contributed by atoms with Crippen molar-refractivity contribution in [2.75, 3.05) is 12.8 Å². The van der Waals surface area contributed by atoms with E-state index in [1.54, 1.807) is 7.11 Å². The van der Waals surface area contributed by atoms with Crippen LogP contribution in [0.25, 0.3) is 0 Å². The second-order valence-corrected chi connectivity index (χ2v) is 3.84. The first-order chi connectivity index (χ1) is 6.05. The molecule has 13 heavy (non-hydrogen) atoms. The molecular formula is C11H17NO. The highest BCUT2D eigenvalue weighted by Crippen LogP contribution is 2.20. The Bertz CT molecular complexity index is 281. The van der Waals surface area contributed by atoms with Gasteiger partial charge >= 0.3 is 0 Å². The number of nitrogen functional groups attached to an aromatic ring is 1. The molecule has 0 unspecified atom stereocenters. The van der Waals surface area contributed by atoms with Crippen molar-refractivity contribution in [3.05, 3.63) is 29.8 Å². The zero-order valence-corrected chi connectivity index (χ0v) is 8.50. The van der Waals surface area contributed by atoms with Crippen molar-refractivity contribution in [3.63, 3.8) is 0 Å². The fourth-order valence-electron chi connectivity index (χ4n) is 1.23. The second kappa shape index (κ2) is 3.79. The molecule has 0 amide bonds. The van der Waals surface area contributed by atoms with Crippen molar-refractivity contribution in [2.24, 2.45) is 0 Å². The molecule has 1 rings (SSSR count). The van der Waals surface area contributed by atoms with E-state index in [2.05, 4.69) is 13.8 Å². The van der Waals surface area contributed by atoms with Gasteiger partial charge in [-0.1, -0.05) is 18.2 Å². The van der Waals surface area contributed by atoms with Crippen LogP contribution in [0.15, 0.2) is 24.3 Å². The lowest BCUT2D eigenvalue weighted by molar-refractivity contribution is 0.0233. The molecule has 0 saturated carbocycles. The van der Waals surface area contributed by atoms with E-state index < -0.39 is 0 Å². The lowest BCUT2D eigenvalue weighted by Gasteiger charge is -2.23. The van der Waals surface area contributed by atoms with Gasteiger partial charge in [-0.25, -0.2) is 0 Å². The molecule has 0 radical (unpaired) electrons. The van der Waals surface area contributed by atoms with Gasteiger partial charge in [-0.05, 0) is 25.5 Å². The van der Waals surface area contributed by atoms with E-state index in [0.717, 1.165) is 17.7 Å². The monoisotopic (exact) mass is 179 g/mol. The molecule has 0 spiro atoms. The maximum atomic E-state index is 5.83. The lowest BCUT2D eigenvalue weighted by Crippen LogP contribution is -2.25. The number of nitrogens with two attached hydrogens (primary N) is 1. The Morgan fingerprint density at radius 1 is 1.31 bits per heavy atom. The van der Waals surface area contributed by atoms with Gasteiger partial charge in [0.15, 0.2) is 0 Å². The number of ether oxygens (including phenoxy) is 1. The molecule has 2 nitrogen and oxygen atoms in total. The van der Waals surface area contributed by atoms with Crippen LogP contribution in [0.2, 0.25) is 0 Å². The molecule has 0 saturated heterocycles. The van der Waals surface area contributed by atoms with Gasteiger partial charge in [0, 0.05) is 19.2 Å². The van der Waals surface area contributed by atoms with Crippen LogP contribution < -0.4 is 5.73 Å². The number of methoxy groups -OCH3 is 1. The van der Waals surface area contributed by atoms with Crippen LogP contribution in [-0.4, -0.2) is 12.7 Å². The van der Waals surface area contributed by atoms with E-state index >= 15 is 0 Å². The Balaban J connectivity index is 2.80. The SMILES string of the molecule is COC(C)(C)Cc1ccccc1N. The topological polar surface area (TPSA) is 35.2 Å². The van der Waals surface area contributed by atoms with E-state index in [1.807, 2.05) is 24.3 Å². The first-order valence-electron chi connectivity index (χ1n) is 4.44. The predicted molar refractivity (Wildman–Crippen MR) is 55.6 cm³/mol. The summed E-state index contributed by atoms with van der Waals surface area (Å²) in [5.41, 5.74) is 7.67. The standard InChI is InChI=1S/C11H17NO/c1-11(2,13-3)8-9-6-4-5-7-10(9)12/h4-7H,8,12H2,1-3H3. The van der Waals surface area contributed by atoms with Crippen LogP contribution >= 0.6 is 0 Å². The summed E-state index contributed by atoms with van der Waals surface area (Å²) in [5, 5.41) is 0. The van der Waals surface area contributed by atoms with Crippen LogP contribution in [0, 0.1) is 0 Å². The summed E-state index contributed by atoms with van der Waals surface area (Å²) in [5.74, 6) is 0. The van der Waals surface area contributed by atoms with Gasteiger partial charge in [0.1, 0.15) is 0 Å². The molecule has 0 bridgehead atoms. The minimum absolute atomic E-state index is 0.143. The molecule has 0 heterocycles. The average molecular weight is 179 g/mol. The summed E-state index contributed by atoms with van der Waals surface area (Å²) in [7, 11) is 1.72. The number of anilines is 1. The normalized spacial score (nSPS) is 11.6. The number of hydrogen-bond acceptors (Lipinski definition) is 2. The number of benzene rings is 1. The Morgan fingerprint density at radius 3 is 2.46 bits per heavy atom. The molecule has 0 aliphatic rings. The number of rotatable bonds is 3. The molecule has 1 aromatic carbocycles. The van der Waals surface area contributed by atoms with Crippen LogP contribution in [0.1, 0.15) is 19.4 Å². The van der Waals surface area contributed by atoms with E-state index in [0.29, 0.717) is 0 Å². The number of para-hydroxylation sites is 1.